The second-order valence-corrected chi connectivity index (χ2v) is 10.0. The van der Waals surface area contributed by atoms with Gasteiger partial charge in [0.2, 0.25) is 15.9 Å². The molecule has 0 unspecified atom stereocenters. The van der Waals surface area contributed by atoms with Gasteiger partial charge in [0, 0.05) is 25.1 Å². The standard InChI is InChI=1S/C21H23N5O4S2/c1-14-3-5-15(6-4-14)20-23-24-21(31)25(20)11-9-19(28)22-17-13-16(7-8-18(17)27)26-10-2-12-32(26,29)30/h3-8,13,27H,2,9-12H2,1H3,(H,22,28)(H,24,31). The highest BCUT2D eigenvalue weighted by Crippen LogP contribution is 2.32. The summed E-state index contributed by atoms with van der Waals surface area (Å²) in [6.07, 6.45) is 0.623. The van der Waals surface area contributed by atoms with Crippen LogP contribution in [-0.2, 0) is 21.4 Å². The molecule has 1 saturated heterocycles. The zero-order valence-corrected chi connectivity index (χ0v) is 19.0. The molecule has 0 spiro atoms. The zero-order chi connectivity index (χ0) is 22.9. The third-order valence-electron chi connectivity index (χ3n) is 5.27. The average molecular weight is 474 g/mol. The summed E-state index contributed by atoms with van der Waals surface area (Å²) < 4.78 is 27.8. The third kappa shape index (κ3) is 4.53. The molecule has 0 saturated carbocycles. The van der Waals surface area contributed by atoms with E-state index in [1.54, 1.807) is 4.57 Å². The summed E-state index contributed by atoms with van der Waals surface area (Å²) in [7, 11) is -3.36. The van der Waals surface area contributed by atoms with E-state index < -0.39 is 10.0 Å². The van der Waals surface area contributed by atoms with Crippen molar-refractivity contribution in [3.8, 4) is 17.1 Å². The van der Waals surface area contributed by atoms with Crippen LogP contribution in [0.25, 0.3) is 11.4 Å². The number of benzene rings is 2. The van der Waals surface area contributed by atoms with E-state index in [0.29, 0.717) is 29.2 Å². The molecule has 11 heteroatoms. The first-order valence-electron chi connectivity index (χ1n) is 10.1. The lowest BCUT2D eigenvalue weighted by Crippen LogP contribution is -2.25. The molecular formula is C21H23N5O4S2. The van der Waals surface area contributed by atoms with Crippen molar-refractivity contribution in [1.82, 2.24) is 14.8 Å². The van der Waals surface area contributed by atoms with Gasteiger partial charge in [0.1, 0.15) is 5.75 Å². The Hall–Kier alpha value is -3.18. The Labute approximate surface area is 190 Å². The molecule has 4 rings (SSSR count). The van der Waals surface area contributed by atoms with Crippen molar-refractivity contribution < 1.29 is 18.3 Å². The summed E-state index contributed by atoms with van der Waals surface area (Å²) in [4.78, 5) is 12.6. The summed E-state index contributed by atoms with van der Waals surface area (Å²) >= 11 is 5.31. The Kier molecular flexibility index (Phi) is 6.02. The van der Waals surface area contributed by atoms with E-state index >= 15 is 0 Å². The second-order valence-electron chi connectivity index (χ2n) is 7.61. The van der Waals surface area contributed by atoms with E-state index in [0.717, 1.165) is 11.1 Å². The Morgan fingerprint density at radius 2 is 2.00 bits per heavy atom. The van der Waals surface area contributed by atoms with Crippen LogP contribution >= 0.6 is 12.2 Å². The van der Waals surface area contributed by atoms with Crippen LogP contribution < -0.4 is 9.62 Å². The minimum absolute atomic E-state index is 0.0817. The fourth-order valence-electron chi connectivity index (χ4n) is 3.58. The molecule has 0 atom stereocenters. The molecule has 1 aliphatic rings. The number of aryl methyl sites for hydroxylation is 1. The number of phenolic OH excluding ortho intramolecular Hbond substituents is 1. The highest BCUT2D eigenvalue weighted by Gasteiger charge is 2.29. The molecule has 0 aliphatic carbocycles. The Morgan fingerprint density at radius 1 is 1.25 bits per heavy atom. The average Bonchev–Trinajstić information content (AvgIpc) is 3.30. The number of sulfonamides is 1. The lowest BCUT2D eigenvalue weighted by molar-refractivity contribution is -0.116. The van der Waals surface area contributed by atoms with E-state index in [4.69, 9.17) is 12.2 Å². The van der Waals surface area contributed by atoms with Gasteiger partial charge in [0.25, 0.3) is 0 Å². The molecular weight excluding hydrogens is 450 g/mol. The van der Waals surface area contributed by atoms with Crippen molar-refractivity contribution in [2.75, 3.05) is 21.9 Å². The number of carbonyl (C=O) groups excluding carboxylic acids is 1. The van der Waals surface area contributed by atoms with Gasteiger partial charge in [0.05, 0.1) is 17.1 Å². The van der Waals surface area contributed by atoms with Gasteiger partial charge in [-0.1, -0.05) is 29.8 Å². The highest BCUT2D eigenvalue weighted by molar-refractivity contribution is 7.93. The first kappa shape index (κ1) is 22.0. The summed E-state index contributed by atoms with van der Waals surface area (Å²) in [5, 5.41) is 19.8. The molecule has 2 heterocycles. The number of hydrogen-bond acceptors (Lipinski definition) is 6. The minimum Gasteiger partial charge on any atom is -0.506 e. The van der Waals surface area contributed by atoms with Crippen molar-refractivity contribution in [3.63, 3.8) is 0 Å². The predicted molar refractivity (Wildman–Crippen MR) is 125 cm³/mol. The van der Waals surface area contributed by atoms with Gasteiger partial charge in [-0.3, -0.25) is 18.8 Å². The predicted octanol–water partition coefficient (Wildman–Crippen LogP) is 3.19. The quantitative estimate of drug-likeness (QED) is 0.374. The maximum Gasteiger partial charge on any atom is 0.235 e. The number of phenols is 1. The fraction of sp³-hybridized carbons (Fsp3) is 0.286. The van der Waals surface area contributed by atoms with Gasteiger partial charge >= 0.3 is 0 Å². The summed E-state index contributed by atoms with van der Waals surface area (Å²) in [6, 6.07) is 12.2. The summed E-state index contributed by atoms with van der Waals surface area (Å²) in [5.74, 6) is 0.232. The smallest absolute Gasteiger partial charge is 0.235 e. The van der Waals surface area contributed by atoms with Crippen molar-refractivity contribution in [2.24, 2.45) is 0 Å². The Balaban J connectivity index is 1.48. The Morgan fingerprint density at radius 3 is 2.69 bits per heavy atom. The maximum absolute atomic E-state index is 12.6. The van der Waals surface area contributed by atoms with Gasteiger partial charge in [-0.05, 0) is 43.8 Å². The largest absolute Gasteiger partial charge is 0.506 e. The summed E-state index contributed by atoms with van der Waals surface area (Å²) in [5.41, 5.74) is 2.57. The van der Waals surface area contributed by atoms with E-state index in [9.17, 15) is 18.3 Å². The Bertz CT molecular complexity index is 1310. The lowest BCUT2D eigenvalue weighted by Gasteiger charge is -2.18. The van der Waals surface area contributed by atoms with Crippen molar-refractivity contribution >= 4 is 39.5 Å². The fourth-order valence-corrected chi connectivity index (χ4v) is 5.36. The van der Waals surface area contributed by atoms with Crippen molar-refractivity contribution in [2.45, 2.75) is 26.3 Å². The molecule has 3 aromatic rings. The van der Waals surface area contributed by atoms with E-state index in [-0.39, 0.29) is 36.1 Å². The molecule has 3 N–H and O–H groups in total. The number of aromatic hydroxyl groups is 1. The van der Waals surface area contributed by atoms with Crippen LogP contribution in [0.1, 0.15) is 18.4 Å². The van der Waals surface area contributed by atoms with Crippen LogP contribution in [0.2, 0.25) is 0 Å². The number of aromatic amines is 1. The van der Waals surface area contributed by atoms with E-state index in [2.05, 4.69) is 15.5 Å². The van der Waals surface area contributed by atoms with Crippen LogP contribution in [0.4, 0.5) is 11.4 Å². The van der Waals surface area contributed by atoms with E-state index in [1.807, 2.05) is 31.2 Å². The second kappa shape index (κ2) is 8.75. The number of carbonyl (C=O) groups is 1. The van der Waals surface area contributed by atoms with Gasteiger partial charge in [-0.15, -0.1) is 0 Å². The molecule has 32 heavy (non-hydrogen) atoms. The van der Waals surface area contributed by atoms with E-state index in [1.165, 1.54) is 22.5 Å². The molecule has 9 nitrogen and oxygen atoms in total. The van der Waals surface area contributed by atoms with Crippen LogP contribution in [0.15, 0.2) is 42.5 Å². The number of hydrogen-bond donors (Lipinski definition) is 3. The molecule has 1 amide bonds. The van der Waals surface area contributed by atoms with Crippen LogP contribution in [0, 0.1) is 11.7 Å². The van der Waals surface area contributed by atoms with Crippen LogP contribution in [0.5, 0.6) is 5.75 Å². The molecule has 1 aromatic heterocycles. The number of H-pyrrole nitrogens is 1. The summed E-state index contributed by atoms with van der Waals surface area (Å²) in [6.45, 7) is 2.65. The number of nitrogens with zero attached hydrogens (tertiary/aromatic N) is 3. The van der Waals surface area contributed by atoms with Gasteiger partial charge < -0.3 is 10.4 Å². The van der Waals surface area contributed by atoms with Gasteiger partial charge in [0.15, 0.2) is 10.6 Å². The maximum atomic E-state index is 12.6. The molecule has 1 fully saturated rings. The molecule has 1 aliphatic heterocycles. The molecule has 2 aromatic carbocycles. The number of aromatic nitrogens is 3. The van der Waals surface area contributed by atoms with Gasteiger partial charge in [-0.2, -0.15) is 5.10 Å². The first-order chi connectivity index (χ1) is 15.2. The highest BCUT2D eigenvalue weighted by atomic mass is 32.2. The number of amides is 1. The SMILES string of the molecule is Cc1ccc(-c2n[nH]c(=S)n2CCC(=O)Nc2cc(N3CCCS3(=O)=O)ccc2O)cc1. The topological polar surface area (TPSA) is 120 Å². The van der Waals surface area contributed by atoms with Crippen LogP contribution in [-0.4, -0.2) is 46.5 Å². The number of anilines is 2. The normalized spacial score (nSPS) is 15.1. The van der Waals surface area contributed by atoms with Gasteiger partial charge in [-0.25, -0.2) is 8.42 Å². The molecule has 168 valence electrons. The molecule has 0 radical (unpaired) electrons. The first-order valence-corrected chi connectivity index (χ1v) is 12.1. The zero-order valence-electron chi connectivity index (χ0n) is 17.4. The van der Waals surface area contributed by atoms with Crippen molar-refractivity contribution in [3.05, 3.63) is 52.8 Å². The lowest BCUT2D eigenvalue weighted by atomic mass is 10.1. The molecule has 0 bridgehead atoms. The third-order valence-corrected chi connectivity index (χ3v) is 7.45. The van der Waals surface area contributed by atoms with Crippen molar-refractivity contribution in [1.29, 1.82) is 0 Å². The number of nitrogens with one attached hydrogen (secondary N) is 2. The number of rotatable bonds is 6. The minimum atomic E-state index is -3.36. The van der Waals surface area contributed by atoms with Crippen LogP contribution in [0.3, 0.4) is 0 Å². The monoisotopic (exact) mass is 473 g/mol.